The first kappa shape index (κ1) is 4.81. The lowest BCUT2D eigenvalue weighted by Crippen LogP contribution is -2.51. The molecule has 0 aromatic carbocycles. The molecule has 0 aliphatic carbocycles. The van der Waals surface area contributed by atoms with Gasteiger partial charge in [0.2, 0.25) is 10.4 Å². The van der Waals surface area contributed by atoms with E-state index in [0.29, 0.717) is 0 Å². The SMILES string of the molecule is FN(F)[n+]1nnn[nH]1. The first-order valence-electron chi connectivity index (χ1n) is 1.59. The number of halogens is 2. The molecule has 0 aliphatic heterocycles. The Morgan fingerprint density at radius 1 is 1.50 bits per heavy atom. The Bertz CT molecular complexity index is 142. The number of rotatable bonds is 1. The van der Waals surface area contributed by atoms with Crippen LogP contribution in [0.3, 0.4) is 0 Å². The molecule has 0 saturated heterocycles. The number of hydrogen-bond acceptors (Lipinski definition) is 4. The Hall–Kier alpha value is -1.34. The fourth-order valence-corrected chi connectivity index (χ4v) is 0.202. The molecule has 0 radical (unpaired) electrons. The third kappa shape index (κ3) is 0.669. The van der Waals surface area contributed by atoms with Gasteiger partial charge in [0, 0.05) is 0 Å². The van der Waals surface area contributed by atoms with Crippen LogP contribution >= 0.6 is 0 Å². The van der Waals surface area contributed by atoms with E-state index in [1.54, 1.807) is 5.21 Å². The minimum atomic E-state index is -1.29. The van der Waals surface area contributed by atoms with Gasteiger partial charge in [0.1, 0.15) is 10.4 Å². The number of aromatic nitrogens is 5. The molecule has 1 N–H and O–H groups in total. The molecule has 1 rings (SSSR count). The third-order valence-electron chi connectivity index (χ3n) is 0.447. The Morgan fingerprint density at radius 2 is 2.25 bits per heavy atom. The second kappa shape index (κ2) is 1.64. The Balaban J connectivity index is 2.77. The van der Waals surface area contributed by atoms with Gasteiger partial charge in [-0.3, -0.25) is 0 Å². The summed E-state index contributed by atoms with van der Waals surface area (Å²) in [7, 11) is 0. The van der Waals surface area contributed by atoms with Crippen molar-refractivity contribution in [3.63, 3.8) is 0 Å². The van der Waals surface area contributed by atoms with E-state index in [2.05, 4.69) is 15.6 Å². The van der Waals surface area contributed by atoms with Crippen LogP contribution in [-0.4, -0.2) is 20.9 Å². The molecule has 0 atom stereocenters. The van der Waals surface area contributed by atoms with Crippen molar-refractivity contribution in [3.05, 3.63) is 0 Å². The average Bonchev–Trinajstić information content (AvgIpc) is 2.12. The summed E-state index contributed by atoms with van der Waals surface area (Å²) in [6.45, 7) is 0. The molecule has 8 heavy (non-hydrogen) atoms. The molecule has 0 bridgehead atoms. The molecule has 8 heteroatoms. The van der Waals surface area contributed by atoms with Gasteiger partial charge in [-0.15, -0.1) is 0 Å². The fourth-order valence-electron chi connectivity index (χ4n) is 0.202. The summed E-state index contributed by atoms with van der Waals surface area (Å²) >= 11 is 0. The molecule has 1 heterocycles. The summed E-state index contributed by atoms with van der Waals surface area (Å²) in [6.07, 6.45) is 0. The van der Waals surface area contributed by atoms with Gasteiger partial charge < -0.3 is 0 Å². The Labute approximate surface area is 41.5 Å². The van der Waals surface area contributed by atoms with Crippen molar-refractivity contribution in [2.45, 2.75) is 0 Å². The summed E-state index contributed by atoms with van der Waals surface area (Å²) in [4.78, 5) is 0.0694. The van der Waals surface area contributed by atoms with Crippen LogP contribution in [-0.2, 0) is 0 Å². The van der Waals surface area contributed by atoms with E-state index in [-0.39, 0.29) is 4.91 Å². The minimum Gasteiger partial charge on any atom is -0.0315 e. The summed E-state index contributed by atoms with van der Waals surface area (Å²) in [5.74, 6) is 0. The Kier molecular flexibility index (Phi) is 0.985. The van der Waals surface area contributed by atoms with Gasteiger partial charge in [0.05, 0.1) is 0 Å². The quantitative estimate of drug-likeness (QED) is 0.353. The lowest BCUT2D eigenvalue weighted by atomic mass is 12.3. The molecular weight excluding hydrogens is 122 g/mol. The number of nitrogens with zero attached hydrogens (tertiary/aromatic N) is 5. The predicted molar refractivity (Wildman–Crippen MR) is 14.8 cm³/mol. The highest BCUT2D eigenvalue weighted by molar-refractivity contribution is 3.92. The highest BCUT2D eigenvalue weighted by atomic mass is 19.4. The van der Waals surface area contributed by atoms with Gasteiger partial charge in [-0.1, -0.05) is 0 Å². The number of H-pyrrole nitrogens is 1. The predicted octanol–water partition coefficient (Wildman–Crippen LogP) is -1.81. The lowest BCUT2D eigenvalue weighted by Gasteiger charge is -1.84. The molecule has 0 fully saturated rings. The molecule has 0 saturated carbocycles. The van der Waals surface area contributed by atoms with Crippen LogP contribution in [0.1, 0.15) is 0 Å². The zero-order valence-electron chi connectivity index (χ0n) is 3.49. The van der Waals surface area contributed by atoms with Gasteiger partial charge in [-0.25, -0.2) is 0 Å². The monoisotopic (exact) mass is 123 g/mol. The molecule has 0 aliphatic rings. The van der Waals surface area contributed by atoms with E-state index >= 15 is 0 Å². The summed E-state index contributed by atoms with van der Waals surface area (Å²) < 4.78 is 22.4. The van der Waals surface area contributed by atoms with Crippen LogP contribution in [0, 0.1) is 0 Å². The van der Waals surface area contributed by atoms with E-state index in [1.165, 1.54) is 0 Å². The smallest absolute Gasteiger partial charge is 0.0315 e. The van der Waals surface area contributed by atoms with Crippen molar-refractivity contribution < 1.29 is 13.9 Å². The fraction of sp³-hybridized carbons (Fsp3) is 0. The zero-order chi connectivity index (χ0) is 5.98. The number of aromatic amines is 1. The first-order chi connectivity index (χ1) is 3.80. The van der Waals surface area contributed by atoms with Crippen molar-refractivity contribution >= 4 is 0 Å². The maximum absolute atomic E-state index is 11.2. The van der Waals surface area contributed by atoms with Gasteiger partial charge in [0.25, 0.3) is 0 Å². The van der Waals surface area contributed by atoms with Crippen LogP contribution in [0.4, 0.5) is 8.96 Å². The average molecular weight is 123 g/mol. The van der Waals surface area contributed by atoms with E-state index in [1.807, 2.05) is 0 Å². The molecular formula is HF2N6+. The van der Waals surface area contributed by atoms with Crippen molar-refractivity contribution in [2.75, 3.05) is 5.45 Å². The van der Waals surface area contributed by atoms with Crippen molar-refractivity contribution in [1.29, 1.82) is 0 Å². The number of nitrogens with one attached hydrogen (secondary N) is 1. The maximum atomic E-state index is 11.2. The highest BCUT2D eigenvalue weighted by Crippen LogP contribution is 1.68. The van der Waals surface area contributed by atoms with E-state index < -0.39 is 5.45 Å². The first-order valence-corrected chi connectivity index (χ1v) is 1.59. The molecule has 1 aromatic rings. The van der Waals surface area contributed by atoms with E-state index in [0.717, 1.165) is 0 Å². The molecule has 44 valence electrons. The number of hydrogen-bond donors (Lipinski definition) is 1. The topological polar surface area (TPSA) is 61.6 Å². The second-order valence-corrected chi connectivity index (χ2v) is 0.883. The molecule has 1 aromatic heterocycles. The van der Waals surface area contributed by atoms with Crippen LogP contribution in [0.2, 0.25) is 0 Å². The summed E-state index contributed by atoms with van der Waals surface area (Å²) in [5, 5.41) is 10.3. The third-order valence-corrected chi connectivity index (χ3v) is 0.447. The van der Waals surface area contributed by atoms with Gasteiger partial charge >= 0.3 is 0 Å². The normalized spacial score (nSPS) is 9.25. The molecule has 0 unspecified atom stereocenters. The van der Waals surface area contributed by atoms with Gasteiger partial charge in [-0.05, 0) is 14.2 Å². The standard InChI is InChI=1S/F2N6/c1-7(2)8-5-3-4-6-8/p+1. The zero-order valence-corrected chi connectivity index (χ0v) is 3.49. The van der Waals surface area contributed by atoms with Gasteiger partial charge in [-0.2, -0.15) is 0 Å². The van der Waals surface area contributed by atoms with Crippen LogP contribution < -0.4 is 10.4 Å². The summed E-state index contributed by atoms with van der Waals surface area (Å²) in [5.41, 5.74) is -1.29. The minimum absolute atomic E-state index is 0.0694. The lowest BCUT2D eigenvalue weighted by molar-refractivity contribution is -0.842. The maximum Gasteiger partial charge on any atom is 0.233 e. The Morgan fingerprint density at radius 3 is 2.50 bits per heavy atom. The molecule has 6 nitrogen and oxygen atoms in total. The highest BCUT2D eigenvalue weighted by Gasteiger charge is 2.08. The van der Waals surface area contributed by atoms with Crippen molar-refractivity contribution in [2.24, 2.45) is 0 Å². The van der Waals surface area contributed by atoms with E-state index in [4.69, 9.17) is 0 Å². The second-order valence-electron chi connectivity index (χ2n) is 0.883. The van der Waals surface area contributed by atoms with Crippen molar-refractivity contribution in [1.82, 2.24) is 20.9 Å². The molecule has 0 spiro atoms. The van der Waals surface area contributed by atoms with Crippen LogP contribution in [0.25, 0.3) is 0 Å². The van der Waals surface area contributed by atoms with Crippen molar-refractivity contribution in [3.8, 4) is 0 Å². The molecule has 0 amide bonds. The summed E-state index contributed by atoms with van der Waals surface area (Å²) in [6, 6.07) is 0. The van der Waals surface area contributed by atoms with Crippen LogP contribution in [0.15, 0.2) is 0 Å². The van der Waals surface area contributed by atoms with Crippen LogP contribution in [0.5, 0.6) is 0 Å². The van der Waals surface area contributed by atoms with Gasteiger partial charge in [0.15, 0.2) is 5.21 Å². The van der Waals surface area contributed by atoms with E-state index in [9.17, 15) is 8.96 Å². The largest absolute Gasteiger partial charge is 0.233 e.